The average Bonchev–Trinajstić information content (AvgIpc) is 3.11. The Balaban J connectivity index is 0.00000417. The molecule has 4 heterocycles. The normalized spacial score (nSPS) is 28.1. The minimum atomic E-state index is -3.59. The number of halogens is 1. The fraction of sp³-hybridized carbons (Fsp3) is 0.514. The van der Waals surface area contributed by atoms with Crippen LogP contribution in [0.5, 0.6) is 5.75 Å². The standard InChI is InChI=1S/C37H50N3O4S.ClH/c1-4-5-16-37(2)27-45(42,43)34-15-10-30(24-38-3)23-33(34)35(36(37)41)31-11-6-29(7-12-31)26-44-32-13-8-28(9-14-32)25-40-20-17-39(18-21-40)19-22-40;/h6-15,23,35-36,38,41H,4-5,16-22,24-27H2,1-3H3;1H/q+1;/p-1/t35-,36-,37?;/m1./s1. The summed E-state index contributed by atoms with van der Waals surface area (Å²) in [6.45, 7) is 13.6. The maximum absolute atomic E-state index is 13.7. The van der Waals surface area contributed by atoms with Crippen molar-refractivity contribution in [1.82, 2.24) is 10.2 Å². The van der Waals surface area contributed by atoms with E-state index in [1.54, 1.807) is 6.07 Å². The van der Waals surface area contributed by atoms with Gasteiger partial charge in [-0.2, -0.15) is 0 Å². The molecule has 3 fully saturated rings. The number of hydrogen-bond acceptors (Lipinski definition) is 6. The molecule has 7 nitrogen and oxygen atoms in total. The van der Waals surface area contributed by atoms with Gasteiger partial charge in [-0.1, -0.05) is 63.1 Å². The number of sulfone groups is 1. The van der Waals surface area contributed by atoms with Crippen LogP contribution in [0.25, 0.3) is 0 Å². The van der Waals surface area contributed by atoms with Gasteiger partial charge in [0.1, 0.15) is 18.9 Å². The number of rotatable bonds is 11. The van der Waals surface area contributed by atoms with Crippen molar-refractivity contribution in [2.45, 2.75) is 69.7 Å². The van der Waals surface area contributed by atoms with Gasteiger partial charge in [0.2, 0.25) is 0 Å². The Morgan fingerprint density at radius 3 is 2.22 bits per heavy atom. The Kier molecular flexibility index (Phi) is 10.9. The largest absolute Gasteiger partial charge is 1.00 e. The predicted molar refractivity (Wildman–Crippen MR) is 179 cm³/mol. The van der Waals surface area contributed by atoms with Crippen LogP contribution in [0.1, 0.15) is 66.8 Å². The molecule has 4 aliphatic rings. The first-order chi connectivity index (χ1) is 21.6. The van der Waals surface area contributed by atoms with E-state index in [-0.39, 0.29) is 18.2 Å². The van der Waals surface area contributed by atoms with E-state index >= 15 is 0 Å². The van der Waals surface area contributed by atoms with Crippen molar-refractivity contribution in [3.63, 3.8) is 0 Å². The van der Waals surface area contributed by atoms with Crippen LogP contribution >= 0.6 is 0 Å². The van der Waals surface area contributed by atoms with Gasteiger partial charge < -0.3 is 32.1 Å². The van der Waals surface area contributed by atoms with Gasteiger partial charge in [0.15, 0.2) is 9.84 Å². The first-order valence-corrected chi connectivity index (χ1v) is 18.4. The summed E-state index contributed by atoms with van der Waals surface area (Å²) in [5.41, 5.74) is 4.25. The molecule has 3 aromatic carbocycles. The van der Waals surface area contributed by atoms with Crippen molar-refractivity contribution in [1.29, 1.82) is 0 Å². The highest BCUT2D eigenvalue weighted by Crippen LogP contribution is 2.47. The number of hydrogen-bond donors (Lipinski definition) is 2. The number of ether oxygens (including phenoxy) is 1. The number of piperazine rings is 3. The lowest BCUT2D eigenvalue weighted by atomic mass is 9.71. The number of aliphatic hydroxyl groups is 1. The van der Waals surface area contributed by atoms with E-state index in [4.69, 9.17) is 4.74 Å². The number of quaternary nitrogens is 1. The quantitative estimate of drug-likeness (QED) is 0.305. The van der Waals surface area contributed by atoms with Crippen LogP contribution in [0.4, 0.5) is 0 Å². The number of unbranched alkanes of at least 4 members (excludes halogenated alkanes) is 1. The third kappa shape index (κ3) is 7.33. The van der Waals surface area contributed by atoms with Crippen LogP contribution < -0.4 is 22.5 Å². The molecule has 3 saturated heterocycles. The summed E-state index contributed by atoms with van der Waals surface area (Å²) in [6, 6.07) is 22.4. The monoisotopic (exact) mass is 667 g/mol. The molecule has 46 heavy (non-hydrogen) atoms. The second-order valence-electron chi connectivity index (χ2n) is 14.0. The van der Waals surface area contributed by atoms with Gasteiger partial charge in [-0.05, 0) is 66.1 Å². The summed E-state index contributed by atoms with van der Waals surface area (Å²) < 4.78 is 34.9. The number of fused-ring (bicyclic) bond motifs is 4. The number of benzene rings is 3. The highest BCUT2D eigenvalue weighted by atomic mass is 35.5. The number of nitrogens with zero attached hydrogens (tertiary/aromatic N) is 2. The van der Waals surface area contributed by atoms with Crippen LogP contribution in [0, 0.1) is 5.41 Å². The van der Waals surface area contributed by atoms with Gasteiger partial charge in [-0.3, -0.25) is 4.90 Å². The van der Waals surface area contributed by atoms with E-state index in [1.165, 1.54) is 49.3 Å². The summed E-state index contributed by atoms with van der Waals surface area (Å²) in [6.07, 6.45) is 1.63. The molecule has 0 spiro atoms. The zero-order valence-electron chi connectivity index (χ0n) is 27.6. The van der Waals surface area contributed by atoms with Crippen LogP contribution in [0.15, 0.2) is 71.6 Å². The van der Waals surface area contributed by atoms with Gasteiger partial charge in [0.25, 0.3) is 0 Å². The lowest BCUT2D eigenvalue weighted by molar-refractivity contribution is -0.953. The van der Waals surface area contributed by atoms with E-state index in [0.717, 1.165) is 41.8 Å². The number of aliphatic hydroxyl groups excluding tert-OH is 1. The van der Waals surface area contributed by atoms with E-state index < -0.39 is 27.3 Å². The first-order valence-electron chi connectivity index (χ1n) is 16.7. The molecule has 0 amide bonds. The molecule has 0 aliphatic carbocycles. The topological polar surface area (TPSA) is 78.9 Å². The zero-order chi connectivity index (χ0) is 31.7. The number of nitrogens with one attached hydrogen (secondary N) is 1. The third-order valence-electron chi connectivity index (χ3n) is 10.6. The van der Waals surface area contributed by atoms with Crippen molar-refractivity contribution in [2.24, 2.45) is 5.41 Å². The summed E-state index contributed by atoms with van der Waals surface area (Å²) >= 11 is 0. The Labute approximate surface area is 281 Å². The zero-order valence-corrected chi connectivity index (χ0v) is 29.1. The summed E-state index contributed by atoms with van der Waals surface area (Å²) in [4.78, 5) is 2.92. The minimum absolute atomic E-state index is 0. The SMILES string of the molecule is CCCCC1(C)CS(=O)(=O)c2ccc(CNC)cc2[C@@H](c2ccc(COc3ccc(C[N+]45CCN(CC4)CC5)cc3)cc2)[C@H]1O.[Cl-]. The van der Waals surface area contributed by atoms with E-state index in [1.807, 2.05) is 50.4 Å². The summed E-state index contributed by atoms with van der Waals surface area (Å²) in [5, 5.41) is 15.2. The fourth-order valence-electron chi connectivity index (χ4n) is 7.81. The second kappa shape index (κ2) is 14.3. The molecule has 7 rings (SSSR count). The highest BCUT2D eigenvalue weighted by Gasteiger charge is 2.47. The molecule has 1 unspecified atom stereocenters. The first kappa shape index (κ1) is 34.9. The third-order valence-corrected chi connectivity index (χ3v) is 12.7. The minimum Gasteiger partial charge on any atom is -1.00 e. The Morgan fingerprint density at radius 1 is 0.957 bits per heavy atom. The molecular formula is C37H50ClN3O4S. The van der Waals surface area contributed by atoms with Gasteiger partial charge in [-0.25, -0.2) is 8.42 Å². The maximum atomic E-state index is 13.7. The summed E-state index contributed by atoms with van der Waals surface area (Å²) in [5.74, 6) is 0.348. The van der Waals surface area contributed by atoms with Gasteiger partial charge in [0, 0.05) is 43.1 Å². The summed E-state index contributed by atoms with van der Waals surface area (Å²) in [7, 11) is -1.71. The van der Waals surface area contributed by atoms with Crippen molar-refractivity contribution >= 4 is 9.84 Å². The van der Waals surface area contributed by atoms with Crippen LogP contribution in [0.3, 0.4) is 0 Å². The molecule has 0 saturated carbocycles. The second-order valence-corrected chi connectivity index (χ2v) is 16.0. The lowest BCUT2D eigenvalue weighted by Gasteiger charge is -2.50. The van der Waals surface area contributed by atoms with Gasteiger partial charge >= 0.3 is 0 Å². The fourth-order valence-corrected chi connectivity index (χ4v) is 9.96. The molecule has 2 N–H and O–H groups in total. The lowest BCUT2D eigenvalue weighted by Crippen LogP contribution is -3.00. The smallest absolute Gasteiger partial charge is 0.179 e. The predicted octanol–water partition coefficient (Wildman–Crippen LogP) is 2.11. The highest BCUT2D eigenvalue weighted by molar-refractivity contribution is 7.91. The van der Waals surface area contributed by atoms with Crippen LogP contribution in [-0.4, -0.2) is 81.1 Å². The molecule has 9 heteroatoms. The Hall–Kier alpha value is -2.46. The molecule has 0 radical (unpaired) electrons. The molecule has 3 atom stereocenters. The molecule has 250 valence electrons. The van der Waals surface area contributed by atoms with Crippen molar-refractivity contribution < 1.29 is 35.2 Å². The molecule has 0 aromatic heterocycles. The van der Waals surface area contributed by atoms with E-state index in [9.17, 15) is 13.5 Å². The van der Waals surface area contributed by atoms with Crippen LogP contribution in [0.2, 0.25) is 0 Å². The molecule has 2 bridgehead atoms. The molecular weight excluding hydrogens is 618 g/mol. The van der Waals surface area contributed by atoms with Crippen LogP contribution in [-0.2, 0) is 29.5 Å². The van der Waals surface area contributed by atoms with Gasteiger partial charge in [0.05, 0.1) is 36.4 Å². The van der Waals surface area contributed by atoms with E-state index in [0.29, 0.717) is 30.0 Å². The Morgan fingerprint density at radius 2 is 1.59 bits per heavy atom. The van der Waals surface area contributed by atoms with Crippen molar-refractivity contribution in [3.8, 4) is 5.75 Å². The van der Waals surface area contributed by atoms with E-state index in [2.05, 4.69) is 41.4 Å². The molecule has 3 aromatic rings. The Bertz CT molecular complexity index is 1560. The average molecular weight is 668 g/mol. The maximum Gasteiger partial charge on any atom is 0.179 e. The van der Waals surface area contributed by atoms with Crippen molar-refractivity contribution in [3.05, 3.63) is 94.5 Å². The molecule has 4 aliphatic heterocycles. The van der Waals surface area contributed by atoms with Crippen molar-refractivity contribution in [2.75, 3.05) is 52.1 Å². The van der Waals surface area contributed by atoms with Gasteiger partial charge in [-0.15, -0.1) is 0 Å².